The predicted molar refractivity (Wildman–Crippen MR) is 167 cm³/mol. The normalized spacial score (nSPS) is 33.4. The Hall–Kier alpha value is -3.50. The SMILES string of the molecule is CCCCCN1CC=C[C@]23O[C@@H]4/C=C\CCC(=O)N[C@H](C)[C@@H](c5ccccc5)OC(=O)[C@@H]4[C@H]2C(=O)N([C@@H](CO)C(C)C)[C@@H]3C1=O. The van der Waals surface area contributed by atoms with E-state index in [4.69, 9.17) is 9.47 Å². The van der Waals surface area contributed by atoms with Gasteiger partial charge in [0.25, 0.3) is 0 Å². The van der Waals surface area contributed by atoms with Gasteiger partial charge in [-0.3, -0.25) is 19.2 Å². The molecule has 10 nitrogen and oxygen atoms in total. The van der Waals surface area contributed by atoms with Crippen molar-refractivity contribution < 1.29 is 33.8 Å². The van der Waals surface area contributed by atoms with E-state index in [0.717, 1.165) is 19.3 Å². The lowest BCUT2D eigenvalue weighted by molar-refractivity contribution is -0.162. The van der Waals surface area contributed by atoms with Gasteiger partial charge in [-0.05, 0) is 31.2 Å². The Morgan fingerprint density at radius 1 is 1.07 bits per heavy atom. The summed E-state index contributed by atoms with van der Waals surface area (Å²) in [6.07, 6.45) is 8.98. The Balaban J connectivity index is 1.60. The number of nitrogens with one attached hydrogen (secondary N) is 1. The molecular weight excluding hydrogens is 574 g/mol. The summed E-state index contributed by atoms with van der Waals surface area (Å²) in [6, 6.07) is 6.97. The third-order valence-electron chi connectivity index (χ3n) is 9.71. The Bertz CT molecular complexity index is 1310. The highest BCUT2D eigenvalue weighted by Gasteiger charge is 2.72. The number of aliphatic hydroxyl groups excluding tert-OH is 1. The van der Waals surface area contributed by atoms with Crippen LogP contribution < -0.4 is 5.32 Å². The van der Waals surface area contributed by atoms with Gasteiger partial charge in [-0.2, -0.15) is 0 Å². The summed E-state index contributed by atoms with van der Waals surface area (Å²) in [6.45, 7) is 8.27. The number of amides is 3. The molecule has 3 amide bonds. The van der Waals surface area contributed by atoms with Gasteiger partial charge in [0.2, 0.25) is 17.7 Å². The summed E-state index contributed by atoms with van der Waals surface area (Å²) >= 11 is 0. The summed E-state index contributed by atoms with van der Waals surface area (Å²) in [5.74, 6) is -3.70. The molecule has 5 rings (SSSR count). The maximum Gasteiger partial charge on any atom is 0.313 e. The molecular formula is C35H47N3O7. The molecule has 10 heteroatoms. The summed E-state index contributed by atoms with van der Waals surface area (Å²) in [5, 5.41) is 13.5. The van der Waals surface area contributed by atoms with E-state index in [-0.39, 0.29) is 30.8 Å². The van der Waals surface area contributed by atoms with Crippen molar-refractivity contribution in [2.75, 3.05) is 19.7 Å². The van der Waals surface area contributed by atoms with Crippen LogP contribution in [-0.2, 0) is 28.7 Å². The van der Waals surface area contributed by atoms with Gasteiger partial charge in [-0.15, -0.1) is 0 Å². The molecule has 244 valence electrons. The van der Waals surface area contributed by atoms with E-state index < -0.39 is 59.6 Å². The molecule has 0 aliphatic carbocycles. The number of aliphatic hydroxyl groups is 1. The van der Waals surface area contributed by atoms with Crippen molar-refractivity contribution in [3.8, 4) is 0 Å². The molecule has 0 bridgehead atoms. The lowest BCUT2D eigenvalue weighted by Crippen LogP contribution is -2.59. The second-order valence-electron chi connectivity index (χ2n) is 13.1. The number of fused-ring (bicyclic) bond motifs is 2. The number of hydrogen-bond donors (Lipinski definition) is 2. The maximum absolute atomic E-state index is 14.7. The first-order valence-corrected chi connectivity index (χ1v) is 16.4. The molecule has 1 spiro atoms. The second kappa shape index (κ2) is 13.9. The number of allylic oxidation sites excluding steroid dienone is 1. The zero-order valence-corrected chi connectivity index (χ0v) is 26.8. The molecule has 0 saturated carbocycles. The molecule has 8 atom stereocenters. The van der Waals surface area contributed by atoms with E-state index in [1.165, 1.54) is 4.90 Å². The lowest BCUT2D eigenvalue weighted by Gasteiger charge is -2.40. The lowest BCUT2D eigenvalue weighted by atomic mass is 9.77. The van der Waals surface area contributed by atoms with E-state index >= 15 is 0 Å². The van der Waals surface area contributed by atoms with Gasteiger partial charge in [0.1, 0.15) is 23.7 Å². The first kappa shape index (κ1) is 32.9. The maximum atomic E-state index is 14.7. The van der Waals surface area contributed by atoms with Crippen molar-refractivity contribution in [2.45, 2.75) is 95.7 Å². The Labute approximate surface area is 265 Å². The van der Waals surface area contributed by atoms with E-state index in [0.29, 0.717) is 25.1 Å². The average Bonchev–Trinajstić information content (AvgIpc) is 3.40. The van der Waals surface area contributed by atoms with Crippen LogP contribution in [0.15, 0.2) is 54.6 Å². The first-order valence-electron chi connectivity index (χ1n) is 16.4. The van der Waals surface area contributed by atoms with Crippen molar-refractivity contribution in [2.24, 2.45) is 17.8 Å². The van der Waals surface area contributed by atoms with Crippen LogP contribution in [0.25, 0.3) is 0 Å². The fourth-order valence-corrected chi connectivity index (χ4v) is 7.42. The summed E-state index contributed by atoms with van der Waals surface area (Å²) in [5.41, 5.74) is -0.724. The van der Waals surface area contributed by atoms with Gasteiger partial charge in [0.15, 0.2) is 0 Å². The van der Waals surface area contributed by atoms with E-state index in [1.54, 1.807) is 30.1 Å². The summed E-state index contributed by atoms with van der Waals surface area (Å²) in [4.78, 5) is 59.5. The average molecular weight is 622 g/mol. The van der Waals surface area contributed by atoms with E-state index in [2.05, 4.69) is 12.2 Å². The van der Waals surface area contributed by atoms with Crippen LogP contribution in [0.3, 0.4) is 0 Å². The Morgan fingerprint density at radius 3 is 2.51 bits per heavy atom. The molecule has 4 aliphatic rings. The Kier molecular flexibility index (Phi) is 10.1. The van der Waals surface area contributed by atoms with Gasteiger partial charge in [0.05, 0.1) is 30.7 Å². The molecule has 45 heavy (non-hydrogen) atoms. The number of carbonyl (C=O) groups excluding carboxylic acids is 4. The van der Waals surface area contributed by atoms with Crippen molar-refractivity contribution in [3.05, 3.63) is 60.2 Å². The fourth-order valence-electron chi connectivity index (χ4n) is 7.42. The number of likely N-dealkylation sites (tertiary alicyclic amines) is 1. The molecule has 2 fully saturated rings. The van der Waals surface area contributed by atoms with Gasteiger partial charge >= 0.3 is 5.97 Å². The molecule has 4 heterocycles. The summed E-state index contributed by atoms with van der Waals surface area (Å²) < 4.78 is 13.0. The highest BCUT2D eigenvalue weighted by molar-refractivity contribution is 5.99. The topological polar surface area (TPSA) is 125 Å². The predicted octanol–water partition coefficient (Wildman–Crippen LogP) is 3.31. The van der Waals surface area contributed by atoms with E-state index in [9.17, 15) is 24.3 Å². The molecule has 2 saturated heterocycles. The fraction of sp³-hybridized carbons (Fsp3) is 0.600. The van der Waals surface area contributed by atoms with Crippen LogP contribution in [0.4, 0.5) is 0 Å². The standard InChI is InChI=1S/C35H47N3O7/c1-5-6-12-19-37-20-13-18-35-29(32(41)38(31(35)33(37)42)25(21-39)22(2)3)28-26(45-35)16-10-11-17-27(40)36-23(4)30(44-34(28)43)24-14-8-7-9-15-24/h7-10,13-16,18,22-23,25-26,28-31,39H,5-6,11-12,17,19-21H2,1-4H3,(H,36,40)/b16-10-/t23-,25+,26-,28+,29+,30+,31-,35+/m1/s1. The molecule has 1 aromatic rings. The number of carbonyl (C=O) groups is 4. The third kappa shape index (κ3) is 6.19. The number of nitrogens with zero attached hydrogens (tertiary/aromatic N) is 2. The number of hydrogen-bond acceptors (Lipinski definition) is 7. The van der Waals surface area contributed by atoms with E-state index in [1.807, 2.05) is 50.3 Å². The molecule has 0 aromatic heterocycles. The molecule has 1 aromatic carbocycles. The van der Waals surface area contributed by atoms with Crippen LogP contribution in [0, 0.1) is 17.8 Å². The highest BCUT2D eigenvalue weighted by atomic mass is 16.6. The number of unbranched alkanes of at least 4 members (excludes halogenated alkanes) is 2. The summed E-state index contributed by atoms with van der Waals surface area (Å²) in [7, 11) is 0. The van der Waals surface area contributed by atoms with Crippen molar-refractivity contribution >= 4 is 23.7 Å². The number of cyclic esters (lactones) is 1. The van der Waals surface area contributed by atoms with Crippen LogP contribution in [0.1, 0.15) is 71.5 Å². The third-order valence-corrected chi connectivity index (χ3v) is 9.71. The number of benzene rings is 1. The van der Waals surface area contributed by atoms with Crippen LogP contribution >= 0.6 is 0 Å². The first-order chi connectivity index (χ1) is 21.6. The van der Waals surface area contributed by atoms with Crippen LogP contribution in [-0.4, -0.2) is 88.1 Å². The van der Waals surface area contributed by atoms with Crippen LogP contribution in [0.2, 0.25) is 0 Å². The largest absolute Gasteiger partial charge is 0.455 e. The zero-order valence-electron chi connectivity index (χ0n) is 26.8. The minimum absolute atomic E-state index is 0.158. The molecule has 0 radical (unpaired) electrons. The Morgan fingerprint density at radius 2 is 1.82 bits per heavy atom. The molecule has 2 N–H and O–H groups in total. The minimum atomic E-state index is -1.43. The minimum Gasteiger partial charge on any atom is -0.455 e. The van der Waals surface area contributed by atoms with Crippen molar-refractivity contribution in [1.29, 1.82) is 0 Å². The molecule has 0 unspecified atom stereocenters. The van der Waals surface area contributed by atoms with Gasteiger partial charge in [-0.25, -0.2) is 0 Å². The van der Waals surface area contributed by atoms with Gasteiger partial charge in [0, 0.05) is 19.5 Å². The molecule has 4 aliphatic heterocycles. The number of rotatable bonds is 8. The monoisotopic (exact) mass is 621 g/mol. The number of ether oxygens (including phenoxy) is 2. The zero-order chi connectivity index (χ0) is 32.3. The quantitative estimate of drug-likeness (QED) is 0.259. The van der Waals surface area contributed by atoms with Crippen LogP contribution in [0.5, 0.6) is 0 Å². The van der Waals surface area contributed by atoms with Crippen molar-refractivity contribution in [3.63, 3.8) is 0 Å². The smallest absolute Gasteiger partial charge is 0.313 e. The van der Waals surface area contributed by atoms with Gasteiger partial charge < -0.3 is 29.7 Å². The second-order valence-corrected chi connectivity index (χ2v) is 13.1. The van der Waals surface area contributed by atoms with Crippen molar-refractivity contribution in [1.82, 2.24) is 15.1 Å². The highest BCUT2D eigenvalue weighted by Crippen LogP contribution is 2.54. The van der Waals surface area contributed by atoms with Gasteiger partial charge in [-0.1, -0.05) is 88.2 Å². The number of esters is 1.